The van der Waals surface area contributed by atoms with Gasteiger partial charge >= 0.3 is 0 Å². The summed E-state index contributed by atoms with van der Waals surface area (Å²) in [4.78, 5) is 21.5. The van der Waals surface area contributed by atoms with Gasteiger partial charge in [0.05, 0.1) is 5.69 Å². The number of hydrogen-bond donors (Lipinski definition) is 2. The van der Waals surface area contributed by atoms with E-state index in [-0.39, 0.29) is 36.5 Å². The molecule has 2 fully saturated rings. The fourth-order valence-electron chi connectivity index (χ4n) is 4.41. The van der Waals surface area contributed by atoms with E-state index in [9.17, 15) is 4.79 Å². The highest BCUT2D eigenvalue weighted by atomic mass is 127. The fraction of sp³-hybridized carbons (Fsp3) is 0.636. The molecular weight excluding hydrogens is 493 g/mol. The number of aliphatic imine (C=N–C) groups is 1. The number of fused-ring (bicyclic) bond motifs is 1. The summed E-state index contributed by atoms with van der Waals surface area (Å²) in [7, 11) is 0. The van der Waals surface area contributed by atoms with Gasteiger partial charge in [0.15, 0.2) is 12.6 Å². The lowest BCUT2D eigenvalue weighted by molar-refractivity contribution is -0.121. The molecule has 2 aliphatic heterocycles. The van der Waals surface area contributed by atoms with Gasteiger partial charge in [0, 0.05) is 44.3 Å². The van der Waals surface area contributed by atoms with Crippen LogP contribution < -0.4 is 20.3 Å². The van der Waals surface area contributed by atoms with Gasteiger partial charge in [-0.3, -0.25) is 14.7 Å². The third-order valence-corrected chi connectivity index (χ3v) is 5.94. The quantitative estimate of drug-likeness (QED) is 0.247. The molecule has 0 radical (unpaired) electrons. The maximum Gasteiger partial charge on any atom is 0.265 e. The Kier molecular flexibility index (Phi) is 8.21. The summed E-state index contributed by atoms with van der Waals surface area (Å²) in [6.45, 7) is 7.82. The Morgan fingerprint density at radius 1 is 1.30 bits per heavy atom. The predicted molar refractivity (Wildman–Crippen MR) is 131 cm³/mol. The molecule has 0 aromatic heterocycles. The molecule has 166 valence electrons. The van der Waals surface area contributed by atoms with Crippen molar-refractivity contribution in [1.82, 2.24) is 15.5 Å². The van der Waals surface area contributed by atoms with E-state index in [4.69, 9.17) is 9.73 Å². The Bertz CT molecular complexity index is 755. The van der Waals surface area contributed by atoms with Crippen LogP contribution in [0, 0.1) is 0 Å². The summed E-state index contributed by atoms with van der Waals surface area (Å²) >= 11 is 0. The number of amides is 1. The lowest BCUT2D eigenvalue weighted by Gasteiger charge is -2.29. The molecule has 4 rings (SSSR count). The molecular formula is C22H34IN5O2. The molecule has 3 aliphatic rings. The van der Waals surface area contributed by atoms with E-state index in [2.05, 4.69) is 29.4 Å². The van der Waals surface area contributed by atoms with Crippen molar-refractivity contribution in [2.24, 2.45) is 4.99 Å². The first-order valence-electron chi connectivity index (χ1n) is 11.0. The molecule has 1 aromatic carbocycles. The molecule has 1 saturated heterocycles. The number of rotatable bonds is 7. The molecule has 2 N–H and O–H groups in total. The Hall–Kier alpha value is -1.55. The number of para-hydroxylation sites is 2. The number of nitrogens with one attached hydrogen (secondary N) is 2. The van der Waals surface area contributed by atoms with Crippen LogP contribution in [-0.4, -0.2) is 67.7 Å². The van der Waals surface area contributed by atoms with Crippen LogP contribution in [0.5, 0.6) is 5.75 Å². The highest BCUT2D eigenvalue weighted by Crippen LogP contribution is 2.33. The lowest BCUT2D eigenvalue weighted by atomic mass is 10.2. The van der Waals surface area contributed by atoms with Crippen LogP contribution in [0.3, 0.4) is 0 Å². The van der Waals surface area contributed by atoms with E-state index in [1.807, 2.05) is 29.2 Å². The van der Waals surface area contributed by atoms with Gasteiger partial charge in [-0.1, -0.05) is 12.1 Å². The first kappa shape index (κ1) is 23.1. The molecule has 2 heterocycles. The zero-order valence-corrected chi connectivity index (χ0v) is 20.3. The van der Waals surface area contributed by atoms with Crippen molar-refractivity contribution in [2.45, 2.75) is 57.7 Å². The van der Waals surface area contributed by atoms with E-state index in [0.29, 0.717) is 25.2 Å². The molecule has 8 heteroatoms. The molecule has 0 spiro atoms. The summed E-state index contributed by atoms with van der Waals surface area (Å²) in [5.41, 5.74) is 0.859. The van der Waals surface area contributed by atoms with E-state index >= 15 is 0 Å². The van der Waals surface area contributed by atoms with Crippen molar-refractivity contribution in [3.05, 3.63) is 24.3 Å². The van der Waals surface area contributed by atoms with Crippen LogP contribution >= 0.6 is 24.0 Å². The van der Waals surface area contributed by atoms with Gasteiger partial charge in [0.25, 0.3) is 5.91 Å². The molecule has 2 atom stereocenters. The van der Waals surface area contributed by atoms with Gasteiger partial charge in [-0.15, -0.1) is 24.0 Å². The van der Waals surface area contributed by atoms with Crippen LogP contribution in [0.1, 0.15) is 39.5 Å². The zero-order chi connectivity index (χ0) is 20.2. The van der Waals surface area contributed by atoms with Crippen LogP contribution in [0.2, 0.25) is 0 Å². The number of carbonyl (C=O) groups is 1. The number of halogens is 1. The molecule has 1 amide bonds. The summed E-state index contributed by atoms with van der Waals surface area (Å²) < 4.78 is 5.51. The summed E-state index contributed by atoms with van der Waals surface area (Å²) in [6, 6.07) is 9.63. The number of guanidine groups is 1. The van der Waals surface area contributed by atoms with Gasteiger partial charge in [-0.25, -0.2) is 0 Å². The van der Waals surface area contributed by atoms with E-state index in [1.54, 1.807) is 0 Å². The second kappa shape index (κ2) is 10.7. The number of benzene rings is 1. The van der Waals surface area contributed by atoms with Crippen LogP contribution in [0.25, 0.3) is 0 Å². The van der Waals surface area contributed by atoms with E-state index < -0.39 is 0 Å². The Morgan fingerprint density at radius 3 is 2.87 bits per heavy atom. The number of carbonyl (C=O) groups excluding carboxylic acids is 1. The highest BCUT2D eigenvalue weighted by molar-refractivity contribution is 14.0. The second-order valence-corrected chi connectivity index (χ2v) is 8.27. The fourth-order valence-corrected chi connectivity index (χ4v) is 4.41. The molecule has 30 heavy (non-hydrogen) atoms. The molecule has 1 saturated carbocycles. The van der Waals surface area contributed by atoms with Gasteiger partial charge in [-0.2, -0.15) is 0 Å². The van der Waals surface area contributed by atoms with Crippen LogP contribution in [0.15, 0.2) is 29.3 Å². The highest BCUT2D eigenvalue weighted by Gasteiger charge is 2.38. The first-order chi connectivity index (χ1) is 14.2. The molecule has 1 aliphatic carbocycles. The maximum absolute atomic E-state index is 12.3. The number of hydrogen-bond acceptors (Lipinski definition) is 4. The summed E-state index contributed by atoms with van der Waals surface area (Å²) in [6.07, 6.45) is 4.69. The minimum atomic E-state index is 0. The minimum absolute atomic E-state index is 0. The van der Waals surface area contributed by atoms with Gasteiger partial charge in [0.2, 0.25) is 0 Å². The van der Waals surface area contributed by atoms with E-state index in [0.717, 1.165) is 42.9 Å². The first-order valence-corrected chi connectivity index (χ1v) is 11.0. The van der Waals surface area contributed by atoms with E-state index in [1.165, 1.54) is 19.3 Å². The van der Waals surface area contributed by atoms with Crippen molar-refractivity contribution in [1.29, 1.82) is 0 Å². The molecule has 0 bridgehead atoms. The second-order valence-electron chi connectivity index (χ2n) is 8.27. The summed E-state index contributed by atoms with van der Waals surface area (Å²) in [5, 5.41) is 6.99. The topological polar surface area (TPSA) is 69.2 Å². The van der Waals surface area contributed by atoms with Crippen molar-refractivity contribution < 1.29 is 9.53 Å². The number of anilines is 1. The van der Waals surface area contributed by atoms with Crippen molar-refractivity contribution in [3.8, 4) is 5.75 Å². The average Bonchev–Trinajstić information content (AvgIpc) is 3.49. The van der Waals surface area contributed by atoms with Crippen LogP contribution in [-0.2, 0) is 4.79 Å². The normalized spacial score (nSPS) is 24.1. The molecule has 2 unspecified atom stereocenters. The Labute approximate surface area is 196 Å². The largest absolute Gasteiger partial charge is 0.482 e. The van der Waals surface area contributed by atoms with Crippen LogP contribution in [0.4, 0.5) is 5.69 Å². The summed E-state index contributed by atoms with van der Waals surface area (Å²) in [5.74, 6) is 1.68. The lowest BCUT2D eigenvalue weighted by Crippen LogP contribution is -2.45. The van der Waals surface area contributed by atoms with Gasteiger partial charge < -0.3 is 20.3 Å². The third-order valence-electron chi connectivity index (χ3n) is 5.94. The standard InChI is InChI=1S/C22H33N5O2.HI/c1-3-23-22(25-17-13-16(2)27(14-17)18-9-10-18)24-11-6-12-26-19-7-4-5-8-20(19)29-15-21(26)28;/h4-5,7-8,16-18H,3,6,9-15H2,1-2H3,(H2,23,24,25);1H. The number of likely N-dealkylation sites (tertiary alicyclic amines) is 1. The van der Waals surface area contributed by atoms with Crippen molar-refractivity contribution in [2.75, 3.05) is 37.7 Å². The Balaban J connectivity index is 0.00000256. The zero-order valence-electron chi connectivity index (χ0n) is 18.0. The monoisotopic (exact) mass is 527 g/mol. The predicted octanol–water partition coefficient (Wildman–Crippen LogP) is 2.60. The van der Waals surface area contributed by atoms with Gasteiger partial charge in [-0.05, 0) is 51.7 Å². The average molecular weight is 527 g/mol. The van der Waals surface area contributed by atoms with Crippen molar-refractivity contribution >= 4 is 41.5 Å². The smallest absolute Gasteiger partial charge is 0.265 e. The number of nitrogens with zero attached hydrogens (tertiary/aromatic N) is 3. The maximum atomic E-state index is 12.3. The third kappa shape index (κ3) is 5.57. The number of ether oxygens (including phenoxy) is 1. The Morgan fingerprint density at radius 2 is 2.10 bits per heavy atom. The molecule has 7 nitrogen and oxygen atoms in total. The minimum Gasteiger partial charge on any atom is -0.482 e. The molecule has 1 aromatic rings. The van der Waals surface area contributed by atoms with Crippen molar-refractivity contribution in [3.63, 3.8) is 0 Å². The SMILES string of the molecule is CCNC(=NCCCN1C(=O)COc2ccccc21)NC1CC(C)N(C2CC2)C1.I. The van der Waals surface area contributed by atoms with Gasteiger partial charge in [0.1, 0.15) is 5.75 Å².